The van der Waals surface area contributed by atoms with Crippen LogP contribution >= 0.6 is 0 Å². The molecule has 8 nitrogen and oxygen atoms in total. The molecule has 2 aromatic rings. The van der Waals surface area contributed by atoms with Crippen LogP contribution in [-0.4, -0.2) is 79.5 Å². The van der Waals surface area contributed by atoms with E-state index in [9.17, 15) is 27.6 Å². The summed E-state index contributed by atoms with van der Waals surface area (Å²) in [5.41, 5.74) is 0.391. The van der Waals surface area contributed by atoms with Gasteiger partial charge in [0.1, 0.15) is 11.9 Å². The SMILES string of the molecule is C[C@H](NC(=O)[C@@H]1CCCN1C(=O)CNC(=O)CCOCCCN1CCCC1)c1ccc(-c2c(F)ccc(F)c2F)cc1. The van der Waals surface area contributed by atoms with Gasteiger partial charge in [-0.1, -0.05) is 24.3 Å². The number of ether oxygens (including phenoxy) is 1. The molecule has 2 atom stereocenters. The Balaban J connectivity index is 1.20. The Hall–Kier alpha value is -3.44. The number of carbonyl (C=O) groups excluding carboxylic acids is 3. The number of nitrogens with one attached hydrogen (secondary N) is 2. The van der Waals surface area contributed by atoms with Crippen molar-refractivity contribution < 1.29 is 32.3 Å². The van der Waals surface area contributed by atoms with Crippen LogP contribution in [-0.2, 0) is 19.1 Å². The standard InChI is InChI=1S/C31H39F3N4O4/c1-21(22-7-9-23(10-8-22)29-24(32)11-12-25(33)30(29)34)36-31(41)26-6-4-17-38(26)28(40)20-35-27(39)13-19-42-18-5-16-37-14-2-3-15-37/h7-12,21,26H,2-6,13-20H2,1H3,(H,35,39)(H,36,41)/t21-,26-/m0/s1. The molecule has 0 aromatic heterocycles. The van der Waals surface area contributed by atoms with Gasteiger partial charge < -0.3 is 25.2 Å². The zero-order chi connectivity index (χ0) is 30.1. The Kier molecular flexibility index (Phi) is 11.4. The van der Waals surface area contributed by atoms with Gasteiger partial charge in [-0.2, -0.15) is 0 Å². The van der Waals surface area contributed by atoms with Gasteiger partial charge in [-0.3, -0.25) is 14.4 Å². The average Bonchev–Trinajstić information content (AvgIpc) is 3.69. The molecule has 2 N–H and O–H groups in total. The first-order valence-electron chi connectivity index (χ1n) is 14.6. The van der Waals surface area contributed by atoms with Gasteiger partial charge >= 0.3 is 0 Å². The second-order valence-corrected chi connectivity index (χ2v) is 10.9. The highest BCUT2D eigenvalue weighted by atomic mass is 19.2. The van der Waals surface area contributed by atoms with Crippen molar-refractivity contribution in [2.75, 3.05) is 45.9 Å². The van der Waals surface area contributed by atoms with Crippen LogP contribution in [0.5, 0.6) is 0 Å². The number of carbonyl (C=O) groups is 3. The van der Waals surface area contributed by atoms with Gasteiger partial charge in [0.25, 0.3) is 0 Å². The number of halogens is 3. The second-order valence-electron chi connectivity index (χ2n) is 10.9. The maximum Gasteiger partial charge on any atom is 0.243 e. The van der Waals surface area contributed by atoms with E-state index in [0.29, 0.717) is 38.2 Å². The summed E-state index contributed by atoms with van der Waals surface area (Å²) in [6.45, 7) is 6.17. The van der Waals surface area contributed by atoms with Gasteiger partial charge in [-0.05, 0) is 75.4 Å². The average molecular weight is 589 g/mol. The fourth-order valence-electron chi connectivity index (χ4n) is 5.49. The van der Waals surface area contributed by atoms with Crippen molar-refractivity contribution in [2.45, 2.75) is 57.5 Å². The Labute approximate surface area is 244 Å². The van der Waals surface area contributed by atoms with E-state index >= 15 is 0 Å². The molecule has 3 amide bonds. The lowest BCUT2D eigenvalue weighted by Crippen LogP contribution is -2.49. The summed E-state index contributed by atoms with van der Waals surface area (Å²) in [6, 6.07) is 6.63. The molecule has 42 heavy (non-hydrogen) atoms. The van der Waals surface area contributed by atoms with Crippen LogP contribution < -0.4 is 10.6 Å². The molecule has 0 saturated carbocycles. The molecule has 0 spiro atoms. The number of hydrogen-bond acceptors (Lipinski definition) is 5. The van der Waals surface area contributed by atoms with Crippen molar-refractivity contribution in [1.82, 2.24) is 20.4 Å². The van der Waals surface area contributed by atoms with Crippen LogP contribution in [0.3, 0.4) is 0 Å². The minimum Gasteiger partial charge on any atom is -0.381 e. The maximum absolute atomic E-state index is 14.2. The summed E-state index contributed by atoms with van der Waals surface area (Å²) in [5.74, 6) is -4.21. The lowest BCUT2D eigenvalue weighted by molar-refractivity contribution is -0.139. The predicted molar refractivity (Wildman–Crippen MR) is 152 cm³/mol. The smallest absolute Gasteiger partial charge is 0.243 e. The van der Waals surface area contributed by atoms with Crippen molar-refractivity contribution in [3.8, 4) is 11.1 Å². The first kappa shape index (κ1) is 31.5. The third-order valence-electron chi connectivity index (χ3n) is 7.85. The molecular formula is C31H39F3N4O4. The molecular weight excluding hydrogens is 549 g/mol. The van der Waals surface area contributed by atoms with Crippen LogP contribution in [0.25, 0.3) is 11.1 Å². The van der Waals surface area contributed by atoms with Crippen molar-refractivity contribution in [3.63, 3.8) is 0 Å². The van der Waals surface area contributed by atoms with Crippen molar-refractivity contribution in [1.29, 1.82) is 0 Å². The Bertz CT molecular complexity index is 1240. The van der Waals surface area contributed by atoms with Gasteiger partial charge in [0.15, 0.2) is 11.6 Å². The molecule has 11 heteroatoms. The lowest BCUT2D eigenvalue weighted by atomic mass is 10.00. The highest BCUT2D eigenvalue weighted by molar-refractivity contribution is 5.90. The molecule has 2 aliphatic rings. The van der Waals surface area contributed by atoms with Crippen molar-refractivity contribution in [3.05, 3.63) is 59.4 Å². The molecule has 0 bridgehead atoms. The fraction of sp³-hybridized carbons (Fsp3) is 0.516. The summed E-state index contributed by atoms with van der Waals surface area (Å²) in [5, 5.41) is 5.52. The summed E-state index contributed by atoms with van der Waals surface area (Å²) in [4.78, 5) is 41.9. The van der Waals surface area contributed by atoms with E-state index in [0.717, 1.165) is 38.2 Å². The zero-order valence-corrected chi connectivity index (χ0v) is 24.0. The van der Waals surface area contributed by atoms with E-state index in [2.05, 4.69) is 15.5 Å². The van der Waals surface area contributed by atoms with Crippen LogP contribution in [0.15, 0.2) is 36.4 Å². The fourth-order valence-corrected chi connectivity index (χ4v) is 5.49. The number of hydrogen-bond donors (Lipinski definition) is 2. The Morgan fingerprint density at radius 1 is 0.952 bits per heavy atom. The Morgan fingerprint density at radius 3 is 2.40 bits per heavy atom. The first-order valence-corrected chi connectivity index (χ1v) is 14.6. The van der Waals surface area contributed by atoms with E-state index in [4.69, 9.17) is 4.74 Å². The van der Waals surface area contributed by atoms with Gasteiger partial charge in [0.2, 0.25) is 17.7 Å². The van der Waals surface area contributed by atoms with Crippen LogP contribution in [0.4, 0.5) is 13.2 Å². The van der Waals surface area contributed by atoms with Crippen molar-refractivity contribution in [2.24, 2.45) is 0 Å². The molecule has 4 rings (SSSR count). The highest BCUT2D eigenvalue weighted by Gasteiger charge is 2.34. The third kappa shape index (κ3) is 8.32. The summed E-state index contributed by atoms with van der Waals surface area (Å²) >= 11 is 0. The molecule has 228 valence electrons. The number of benzene rings is 2. The summed E-state index contributed by atoms with van der Waals surface area (Å²) in [7, 11) is 0. The summed E-state index contributed by atoms with van der Waals surface area (Å²) in [6.07, 6.45) is 4.76. The summed E-state index contributed by atoms with van der Waals surface area (Å²) < 4.78 is 47.5. The van der Waals surface area contributed by atoms with Gasteiger partial charge in [0.05, 0.1) is 24.8 Å². The van der Waals surface area contributed by atoms with Crippen molar-refractivity contribution >= 4 is 17.7 Å². The number of rotatable bonds is 13. The predicted octanol–water partition coefficient (Wildman–Crippen LogP) is 3.95. The third-order valence-corrected chi connectivity index (χ3v) is 7.85. The van der Waals surface area contributed by atoms with Crippen LogP contribution in [0, 0.1) is 17.5 Å². The molecule has 2 fully saturated rings. The largest absolute Gasteiger partial charge is 0.381 e. The normalized spacial score (nSPS) is 17.8. The minimum atomic E-state index is -1.26. The molecule has 0 unspecified atom stereocenters. The molecule has 2 aliphatic heterocycles. The second kappa shape index (κ2) is 15.2. The number of nitrogens with zero attached hydrogens (tertiary/aromatic N) is 2. The van der Waals surface area contributed by atoms with Crippen LogP contribution in [0.1, 0.15) is 57.1 Å². The monoisotopic (exact) mass is 588 g/mol. The van der Waals surface area contributed by atoms with E-state index in [1.807, 2.05) is 0 Å². The Morgan fingerprint density at radius 2 is 1.67 bits per heavy atom. The highest BCUT2D eigenvalue weighted by Crippen LogP contribution is 2.29. The van der Waals surface area contributed by atoms with E-state index in [1.165, 1.54) is 29.9 Å². The van der Waals surface area contributed by atoms with E-state index in [1.54, 1.807) is 19.1 Å². The molecule has 2 aromatic carbocycles. The van der Waals surface area contributed by atoms with Gasteiger partial charge in [-0.15, -0.1) is 0 Å². The van der Waals surface area contributed by atoms with E-state index < -0.39 is 35.1 Å². The molecule has 0 radical (unpaired) electrons. The van der Waals surface area contributed by atoms with E-state index in [-0.39, 0.29) is 36.3 Å². The zero-order valence-electron chi connectivity index (χ0n) is 24.0. The number of likely N-dealkylation sites (tertiary alicyclic amines) is 2. The molecule has 2 heterocycles. The topological polar surface area (TPSA) is 91.0 Å². The first-order chi connectivity index (χ1) is 20.2. The number of amides is 3. The quantitative estimate of drug-likeness (QED) is 0.273. The minimum absolute atomic E-state index is 0.162. The molecule has 2 saturated heterocycles. The maximum atomic E-state index is 14.2. The van der Waals surface area contributed by atoms with Gasteiger partial charge in [0, 0.05) is 26.1 Å². The lowest BCUT2D eigenvalue weighted by Gasteiger charge is -2.26. The molecule has 0 aliphatic carbocycles. The van der Waals surface area contributed by atoms with Crippen LogP contribution in [0.2, 0.25) is 0 Å². The van der Waals surface area contributed by atoms with Gasteiger partial charge in [-0.25, -0.2) is 13.2 Å².